The van der Waals surface area contributed by atoms with Gasteiger partial charge in [0.15, 0.2) is 11.5 Å². The van der Waals surface area contributed by atoms with Crippen molar-refractivity contribution in [3.05, 3.63) is 77.3 Å². The summed E-state index contributed by atoms with van der Waals surface area (Å²) in [5.41, 5.74) is 1.12. The standard InChI is InChI=1S/C25H25ClN2O6S/c1-17(18-3-12-23-24(15-18)34-14-13-33-23)27-25(29)16-28(20-6-4-19(26)5-7-20)35(30,31)22-10-8-21(32-2)9-11-22/h3-12,15,17H,13-14,16H2,1-2H3,(H,27,29). The maximum atomic E-state index is 13.5. The van der Waals surface area contributed by atoms with Crippen LogP contribution in [0.15, 0.2) is 71.6 Å². The first kappa shape index (κ1) is 24.7. The molecule has 35 heavy (non-hydrogen) atoms. The molecule has 184 valence electrons. The van der Waals surface area contributed by atoms with Crippen molar-refractivity contribution in [2.45, 2.75) is 17.9 Å². The fourth-order valence-corrected chi connectivity index (χ4v) is 5.17. The topological polar surface area (TPSA) is 94.2 Å². The van der Waals surface area contributed by atoms with E-state index in [-0.39, 0.29) is 4.90 Å². The van der Waals surface area contributed by atoms with Crippen LogP contribution >= 0.6 is 11.6 Å². The molecule has 0 radical (unpaired) electrons. The molecule has 1 amide bonds. The molecule has 1 heterocycles. The highest BCUT2D eigenvalue weighted by Crippen LogP contribution is 2.33. The minimum absolute atomic E-state index is 0.0286. The fourth-order valence-electron chi connectivity index (χ4n) is 3.63. The number of fused-ring (bicyclic) bond motifs is 1. The van der Waals surface area contributed by atoms with E-state index >= 15 is 0 Å². The molecule has 0 aliphatic carbocycles. The van der Waals surface area contributed by atoms with E-state index in [1.165, 1.54) is 19.2 Å². The van der Waals surface area contributed by atoms with Crippen LogP contribution in [0.3, 0.4) is 0 Å². The molecule has 1 atom stereocenters. The zero-order chi connectivity index (χ0) is 25.0. The second-order valence-electron chi connectivity index (χ2n) is 7.86. The maximum Gasteiger partial charge on any atom is 0.264 e. The van der Waals surface area contributed by atoms with Crippen LogP contribution in [0.4, 0.5) is 5.69 Å². The number of halogens is 1. The molecule has 0 bridgehead atoms. The van der Waals surface area contributed by atoms with Crippen molar-refractivity contribution in [1.82, 2.24) is 5.32 Å². The lowest BCUT2D eigenvalue weighted by molar-refractivity contribution is -0.120. The molecule has 3 aromatic rings. The van der Waals surface area contributed by atoms with Crippen molar-refractivity contribution in [2.24, 2.45) is 0 Å². The predicted molar refractivity (Wildman–Crippen MR) is 133 cm³/mol. The van der Waals surface area contributed by atoms with Gasteiger partial charge >= 0.3 is 0 Å². The number of carbonyl (C=O) groups is 1. The van der Waals surface area contributed by atoms with E-state index in [9.17, 15) is 13.2 Å². The van der Waals surface area contributed by atoms with Crippen LogP contribution in [0.5, 0.6) is 17.2 Å². The van der Waals surface area contributed by atoms with Crippen LogP contribution in [0.25, 0.3) is 0 Å². The van der Waals surface area contributed by atoms with E-state index in [2.05, 4.69) is 5.32 Å². The van der Waals surface area contributed by atoms with Gasteiger partial charge in [-0.3, -0.25) is 9.10 Å². The molecule has 0 saturated heterocycles. The number of sulfonamides is 1. The van der Waals surface area contributed by atoms with Gasteiger partial charge in [0.25, 0.3) is 10.0 Å². The van der Waals surface area contributed by atoms with Gasteiger partial charge in [-0.1, -0.05) is 17.7 Å². The summed E-state index contributed by atoms with van der Waals surface area (Å²) >= 11 is 5.99. The smallest absolute Gasteiger partial charge is 0.264 e. The normalized spacial score (nSPS) is 13.6. The number of carbonyl (C=O) groups excluding carboxylic acids is 1. The van der Waals surface area contributed by atoms with Gasteiger partial charge in [0.2, 0.25) is 5.91 Å². The Bertz CT molecular complexity index is 1300. The van der Waals surface area contributed by atoms with Gasteiger partial charge in [0, 0.05) is 5.02 Å². The average molecular weight is 517 g/mol. The van der Waals surface area contributed by atoms with Gasteiger partial charge in [-0.05, 0) is 73.2 Å². The SMILES string of the molecule is COc1ccc(S(=O)(=O)N(CC(=O)NC(C)c2ccc3c(c2)OCCO3)c2ccc(Cl)cc2)cc1. The number of nitrogens with zero attached hydrogens (tertiary/aromatic N) is 1. The summed E-state index contributed by atoms with van der Waals surface area (Å²) in [5.74, 6) is 1.31. The van der Waals surface area contributed by atoms with Crippen LogP contribution in [0.1, 0.15) is 18.5 Å². The highest BCUT2D eigenvalue weighted by atomic mass is 35.5. The zero-order valence-corrected chi connectivity index (χ0v) is 20.8. The number of rotatable bonds is 8. The third kappa shape index (κ3) is 5.63. The first-order chi connectivity index (χ1) is 16.8. The van der Waals surface area contributed by atoms with E-state index in [0.717, 1.165) is 9.87 Å². The largest absolute Gasteiger partial charge is 0.497 e. The number of amides is 1. The minimum Gasteiger partial charge on any atom is -0.497 e. The van der Waals surface area contributed by atoms with Gasteiger partial charge in [-0.2, -0.15) is 0 Å². The lowest BCUT2D eigenvalue weighted by Gasteiger charge is -2.25. The van der Waals surface area contributed by atoms with E-state index in [1.807, 2.05) is 19.1 Å². The second-order valence-corrected chi connectivity index (χ2v) is 10.2. The predicted octanol–water partition coefficient (Wildman–Crippen LogP) is 4.19. The van der Waals surface area contributed by atoms with Crippen LogP contribution < -0.4 is 23.8 Å². The lowest BCUT2D eigenvalue weighted by atomic mass is 10.1. The molecule has 1 aliphatic heterocycles. The Morgan fingerprint density at radius 1 is 1.03 bits per heavy atom. The molecule has 0 aromatic heterocycles. The van der Waals surface area contributed by atoms with Gasteiger partial charge in [0.05, 0.1) is 23.7 Å². The maximum absolute atomic E-state index is 13.5. The van der Waals surface area contributed by atoms with E-state index in [0.29, 0.717) is 41.2 Å². The monoisotopic (exact) mass is 516 g/mol. The highest BCUT2D eigenvalue weighted by molar-refractivity contribution is 7.92. The van der Waals surface area contributed by atoms with Crippen molar-refractivity contribution in [3.63, 3.8) is 0 Å². The molecule has 1 aliphatic rings. The highest BCUT2D eigenvalue weighted by Gasteiger charge is 2.28. The lowest BCUT2D eigenvalue weighted by Crippen LogP contribution is -2.41. The Hall–Kier alpha value is -3.43. The van der Waals surface area contributed by atoms with Gasteiger partial charge in [-0.15, -0.1) is 0 Å². The van der Waals surface area contributed by atoms with Crippen molar-refractivity contribution < 1.29 is 27.4 Å². The Labute approximate surface area is 209 Å². The zero-order valence-electron chi connectivity index (χ0n) is 19.2. The van der Waals surface area contributed by atoms with E-state index in [1.54, 1.807) is 42.5 Å². The van der Waals surface area contributed by atoms with Gasteiger partial charge in [-0.25, -0.2) is 8.42 Å². The molecule has 10 heteroatoms. The first-order valence-electron chi connectivity index (χ1n) is 10.9. The Kier molecular flexibility index (Phi) is 7.37. The fraction of sp³-hybridized carbons (Fsp3) is 0.240. The number of hydrogen-bond donors (Lipinski definition) is 1. The second kappa shape index (κ2) is 10.5. The molecule has 1 unspecified atom stereocenters. The molecule has 0 spiro atoms. The molecule has 4 rings (SSSR count). The summed E-state index contributed by atoms with van der Waals surface area (Å²) in [6.07, 6.45) is 0. The quantitative estimate of drug-likeness (QED) is 0.482. The molecule has 3 aromatic carbocycles. The molecule has 8 nitrogen and oxygen atoms in total. The summed E-state index contributed by atoms with van der Waals surface area (Å²) in [6, 6.07) is 17.3. The molecule has 0 saturated carbocycles. The molecule has 0 fully saturated rings. The first-order valence-corrected chi connectivity index (χ1v) is 12.7. The number of benzene rings is 3. The molecular weight excluding hydrogens is 492 g/mol. The van der Waals surface area contributed by atoms with Crippen molar-refractivity contribution >= 4 is 33.2 Å². The molecular formula is C25H25ClN2O6S. The average Bonchev–Trinajstić information content (AvgIpc) is 2.87. The number of nitrogens with one attached hydrogen (secondary N) is 1. The van der Waals surface area contributed by atoms with Gasteiger partial charge in [0.1, 0.15) is 25.5 Å². The third-order valence-corrected chi connectivity index (χ3v) is 7.53. The van der Waals surface area contributed by atoms with E-state index in [4.69, 9.17) is 25.8 Å². The van der Waals surface area contributed by atoms with Gasteiger partial charge < -0.3 is 19.5 Å². The van der Waals surface area contributed by atoms with Crippen molar-refractivity contribution in [2.75, 3.05) is 31.2 Å². The Morgan fingerprint density at radius 3 is 2.34 bits per heavy atom. The summed E-state index contributed by atoms with van der Waals surface area (Å²) in [5, 5.41) is 3.32. The summed E-state index contributed by atoms with van der Waals surface area (Å²) < 4.78 is 44.4. The van der Waals surface area contributed by atoms with E-state index < -0.39 is 28.5 Å². The van der Waals surface area contributed by atoms with Crippen LogP contribution in [0, 0.1) is 0 Å². The van der Waals surface area contributed by atoms with Crippen LogP contribution in [-0.4, -0.2) is 41.2 Å². The Morgan fingerprint density at radius 2 is 1.69 bits per heavy atom. The Balaban J connectivity index is 1.56. The van der Waals surface area contributed by atoms with Crippen molar-refractivity contribution in [3.8, 4) is 17.2 Å². The number of hydrogen-bond acceptors (Lipinski definition) is 6. The minimum atomic E-state index is -4.06. The summed E-state index contributed by atoms with van der Waals surface area (Å²) in [7, 11) is -2.57. The molecule has 1 N–H and O–H groups in total. The summed E-state index contributed by atoms with van der Waals surface area (Å²) in [4.78, 5) is 13.1. The number of methoxy groups -OCH3 is 1. The van der Waals surface area contributed by atoms with Crippen molar-refractivity contribution in [1.29, 1.82) is 0 Å². The third-order valence-electron chi connectivity index (χ3n) is 5.49. The number of ether oxygens (including phenoxy) is 3. The van der Waals surface area contributed by atoms with Crippen LogP contribution in [0.2, 0.25) is 5.02 Å². The summed E-state index contributed by atoms with van der Waals surface area (Å²) in [6.45, 7) is 2.33. The number of anilines is 1. The van der Waals surface area contributed by atoms with Crippen LogP contribution in [-0.2, 0) is 14.8 Å².